The highest BCUT2D eigenvalue weighted by Crippen LogP contribution is 2.31. The maximum absolute atomic E-state index is 12.1. The van der Waals surface area contributed by atoms with Gasteiger partial charge in [-0.25, -0.2) is 0 Å². The summed E-state index contributed by atoms with van der Waals surface area (Å²) in [5.74, 6) is 0.0384. The summed E-state index contributed by atoms with van der Waals surface area (Å²) in [6.45, 7) is 3.24. The minimum atomic E-state index is -0.262. The van der Waals surface area contributed by atoms with E-state index in [4.69, 9.17) is 9.47 Å². The number of hydrogen-bond acceptors (Lipinski definition) is 4. The molecule has 2 unspecified atom stereocenters. The van der Waals surface area contributed by atoms with Gasteiger partial charge in [0.1, 0.15) is 6.10 Å². The van der Waals surface area contributed by atoms with Crippen LogP contribution in [0.25, 0.3) is 0 Å². The Morgan fingerprint density at radius 1 is 1.33 bits per heavy atom. The summed E-state index contributed by atoms with van der Waals surface area (Å²) < 4.78 is 11.5. The molecule has 0 aromatic rings. The van der Waals surface area contributed by atoms with E-state index in [9.17, 15) is 4.79 Å². The zero-order chi connectivity index (χ0) is 12.4. The van der Waals surface area contributed by atoms with Gasteiger partial charge < -0.3 is 20.1 Å². The van der Waals surface area contributed by atoms with Crippen molar-refractivity contribution in [3.63, 3.8) is 0 Å². The zero-order valence-corrected chi connectivity index (χ0v) is 10.7. The molecule has 0 bridgehead atoms. The third kappa shape index (κ3) is 2.53. The SMILES string of the molecule is O=C(NCC1CCCO1)C1CCCC2(CNC2)O1. The Morgan fingerprint density at radius 3 is 2.89 bits per heavy atom. The van der Waals surface area contributed by atoms with Crippen molar-refractivity contribution in [3.8, 4) is 0 Å². The molecule has 18 heavy (non-hydrogen) atoms. The molecule has 3 rings (SSSR count). The highest BCUT2D eigenvalue weighted by Gasteiger charge is 2.44. The molecule has 0 aliphatic carbocycles. The minimum Gasteiger partial charge on any atom is -0.376 e. The molecular weight excluding hydrogens is 232 g/mol. The molecule has 3 aliphatic heterocycles. The molecule has 1 spiro atoms. The van der Waals surface area contributed by atoms with Gasteiger partial charge in [0, 0.05) is 26.2 Å². The molecule has 1 amide bonds. The summed E-state index contributed by atoms with van der Waals surface area (Å²) in [6, 6.07) is 0. The van der Waals surface area contributed by atoms with Crippen LogP contribution in [0.15, 0.2) is 0 Å². The van der Waals surface area contributed by atoms with Crippen molar-refractivity contribution in [3.05, 3.63) is 0 Å². The molecule has 3 heterocycles. The molecule has 5 nitrogen and oxygen atoms in total. The maximum Gasteiger partial charge on any atom is 0.249 e. The Morgan fingerprint density at radius 2 is 2.22 bits per heavy atom. The predicted octanol–water partition coefficient (Wildman–Crippen LogP) is 0.193. The van der Waals surface area contributed by atoms with E-state index in [-0.39, 0.29) is 23.7 Å². The predicted molar refractivity (Wildman–Crippen MR) is 66.3 cm³/mol. The third-order valence-electron chi connectivity index (χ3n) is 4.21. The van der Waals surface area contributed by atoms with Crippen LogP contribution in [-0.2, 0) is 14.3 Å². The van der Waals surface area contributed by atoms with E-state index in [2.05, 4.69) is 10.6 Å². The fourth-order valence-electron chi connectivity index (χ4n) is 3.01. The Labute approximate surface area is 108 Å². The van der Waals surface area contributed by atoms with Crippen molar-refractivity contribution >= 4 is 5.91 Å². The number of carbonyl (C=O) groups excluding carboxylic acids is 1. The minimum absolute atomic E-state index is 0.0384. The van der Waals surface area contributed by atoms with Crippen LogP contribution in [0, 0.1) is 0 Å². The van der Waals surface area contributed by atoms with E-state index >= 15 is 0 Å². The highest BCUT2D eigenvalue weighted by atomic mass is 16.5. The second-order valence-electron chi connectivity index (χ2n) is 5.67. The van der Waals surface area contributed by atoms with Crippen molar-refractivity contribution in [2.75, 3.05) is 26.2 Å². The Balaban J connectivity index is 1.46. The first-order chi connectivity index (χ1) is 8.77. The molecule has 2 atom stereocenters. The normalized spacial score (nSPS) is 34.2. The number of ether oxygens (including phenoxy) is 2. The van der Waals surface area contributed by atoms with Crippen LogP contribution in [0.3, 0.4) is 0 Å². The molecular formula is C13H22N2O3. The van der Waals surface area contributed by atoms with Crippen molar-refractivity contribution in [2.45, 2.75) is 49.9 Å². The van der Waals surface area contributed by atoms with Gasteiger partial charge >= 0.3 is 0 Å². The molecule has 0 aromatic carbocycles. The van der Waals surface area contributed by atoms with Crippen LogP contribution in [0.1, 0.15) is 32.1 Å². The quantitative estimate of drug-likeness (QED) is 0.755. The van der Waals surface area contributed by atoms with Gasteiger partial charge in [-0.2, -0.15) is 0 Å². The Hall–Kier alpha value is -0.650. The van der Waals surface area contributed by atoms with Gasteiger partial charge in [-0.05, 0) is 32.1 Å². The second kappa shape index (κ2) is 5.15. The summed E-state index contributed by atoms with van der Waals surface area (Å²) in [6.07, 6.45) is 5.11. The van der Waals surface area contributed by atoms with Crippen molar-refractivity contribution in [1.29, 1.82) is 0 Å². The lowest BCUT2D eigenvalue weighted by atomic mass is 9.86. The summed E-state index contributed by atoms with van der Waals surface area (Å²) in [5, 5.41) is 6.20. The van der Waals surface area contributed by atoms with Crippen LogP contribution in [0.2, 0.25) is 0 Å². The maximum atomic E-state index is 12.1. The lowest BCUT2D eigenvalue weighted by Gasteiger charge is -2.47. The molecule has 2 N–H and O–H groups in total. The molecule has 0 radical (unpaired) electrons. The van der Waals surface area contributed by atoms with Crippen LogP contribution in [0.4, 0.5) is 0 Å². The van der Waals surface area contributed by atoms with Crippen LogP contribution in [0.5, 0.6) is 0 Å². The molecule has 3 fully saturated rings. The number of hydrogen-bond donors (Lipinski definition) is 2. The van der Waals surface area contributed by atoms with E-state index in [0.717, 1.165) is 51.8 Å². The average Bonchev–Trinajstić information content (AvgIpc) is 2.87. The van der Waals surface area contributed by atoms with E-state index < -0.39 is 0 Å². The number of rotatable bonds is 3. The molecule has 5 heteroatoms. The van der Waals surface area contributed by atoms with Crippen molar-refractivity contribution < 1.29 is 14.3 Å². The Kier molecular flexibility index (Phi) is 3.54. The smallest absolute Gasteiger partial charge is 0.249 e. The van der Waals surface area contributed by atoms with Crippen LogP contribution in [-0.4, -0.2) is 50.0 Å². The molecule has 3 aliphatic rings. The first kappa shape index (κ1) is 12.4. The van der Waals surface area contributed by atoms with E-state index in [1.807, 2.05) is 0 Å². The molecule has 0 saturated carbocycles. The van der Waals surface area contributed by atoms with Crippen molar-refractivity contribution in [2.24, 2.45) is 0 Å². The standard InChI is InChI=1S/C13H22N2O3/c16-12(15-7-10-3-2-6-17-10)11-4-1-5-13(18-11)8-14-9-13/h10-11,14H,1-9H2,(H,15,16). The second-order valence-corrected chi connectivity index (χ2v) is 5.67. The highest BCUT2D eigenvalue weighted by molar-refractivity contribution is 5.80. The van der Waals surface area contributed by atoms with E-state index in [0.29, 0.717) is 6.54 Å². The summed E-state index contributed by atoms with van der Waals surface area (Å²) >= 11 is 0. The largest absolute Gasteiger partial charge is 0.376 e. The van der Waals surface area contributed by atoms with Gasteiger partial charge in [0.15, 0.2) is 0 Å². The van der Waals surface area contributed by atoms with Crippen LogP contribution >= 0.6 is 0 Å². The monoisotopic (exact) mass is 254 g/mol. The van der Waals surface area contributed by atoms with Gasteiger partial charge in [-0.3, -0.25) is 4.79 Å². The fourth-order valence-corrected chi connectivity index (χ4v) is 3.01. The van der Waals surface area contributed by atoms with Gasteiger partial charge in [0.05, 0.1) is 11.7 Å². The molecule has 102 valence electrons. The van der Waals surface area contributed by atoms with Crippen LogP contribution < -0.4 is 10.6 Å². The van der Waals surface area contributed by atoms with Gasteiger partial charge in [-0.1, -0.05) is 0 Å². The third-order valence-corrected chi connectivity index (χ3v) is 4.21. The number of carbonyl (C=O) groups is 1. The van der Waals surface area contributed by atoms with Gasteiger partial charge in [0.2, 0.25) is 5.91 Å². The average molecular weight is 254 g/mol. The lowest BCUT2D eigenvalue weighted by molar-refractivity contribution is -0.171. The fraction of sp³-hybridized carbons (Fsp3) is 0.923. The van der Waals surface area contributed by atoms with Gasteiger partial charge in [0.25, 0.3) is 0 Å². The topological polar surface area (TPSA) is 59.6 Å². The van der Waals surface area contributed by atoms with E-state index in [1.165, 1.54) is 0 Å². The first-order valence-electron chi connectivity index (χ1n) is 7.05. The zero-order valence-electron chi connectivity index (χ0n) is 10.7. The summed E-state index contributed by atoms with van der Waals surface area (Å²) in [5.41, 5.74) is -0.0515. The summed E-state index contributed by atoms with van der Waals surface area (Å²) in [7, 11) is 0. The Bertz CT molecular complexity index is 311. The first-order valence-corrected chi connectivity index (χ1v) is 7.05. The summed E-state index contributed by atoms with van der Waals surface area (Å²) in [4.78, 5) is 12.1. The molecule has 3 saturated heterocycles. The lowest BCUT2D eigenvalue weighted by Crippen LogP contribution is -2.64. The molecule has 0 aromatic heterocycles. The number of amides is 1. The van der Waals surface area contributed by atoms with E-state index in [1.54, 1.807) is 0 Å². The van der Waals surface area contributed by atoms with Gasteiger partial charge in [-0.15, -0.1) is 0 Å². The van der Waals surface area contributed by atoms with Crippen molar-refractivity contribution in [1.82, 2.24) is 10.6 Å². The number of nitrogens with one attached hydrogen (secondary N) is 2.